The Bertz CT molecular complexity index is 716. The van der Waals surface area contributed by atoms with E-state index in [0.717, 1.165) is 25.7 Å². The highest BCUT2D eigenvalue weighted by Crippen LogP contribution is 2.35. The van der Waals surface area contributed by atoms with E-state index in [1.54, 1.807) is 0 Å². The van der Waals surface area contributed by atoms with E-state index in [-0.39, 0.29) is 53.2 Å². The first-order valence-corrected chi connectivity index (χ1v) is 12.2. The van der Waals surface area contributed by atoms with Crippen LogP contribution >= 0.6 is 0 Å². The number of carbonyl (C=O) groups is 4. The van der Waals surface area contributed by atoms with Gasteiger partial charge in [-0.3, -0.25) is 19.2 Å². The van der Waals surface area contributed by atoms with Gasteiger partial charge >= 0.3 is 0 Å². The zero-order chi connectivity index (χ0) is 22.9. The lowest BCUT2D eigenvalue weighted by molar-refractivity contribution is -0.146. The molecular formula is C25H40N2O4. The molecule has 1 aliphatic carbocycles. The zero-order valence-corrected chi connectivity index (χ0v) is 20.0. The van der Waals surface area contributed by atoms with Gasteiger partial charge in [0, 0.05) is 36.3 Å². The number of carbonyl (C=O) groups excluding carboxylic acids is 4. The first kappa shape index (κ1) is 23.9. The summed E-state index contributed by atoms with van der Waals surface area (Å²) in [6.07, 6.45) is 6.08. The molecule has 2 saturated heterocycles. The fourth-order valence-electron chi connectivity index (χ4n) is 5.57. The number of ketones is 2. The SMILES string of the molecule is CC(C)C(=O)[C@@H]1CCCN1C(=O)C1CCC(C(=O)N2CCC[C@H]2C(=O)C(C)(C)C)CC1. The highest BCUT2D eigenvalue weighted by atomic mass is 16.2. The predicted molar refractivity (Wildman–Crippen MR) is 119 cm³/mol. The van der Waals surface area contributed by atoms with Gasteiger partial charge in [-0.25, -0.2) is 0 Å². The molecule has 0 unspecified atom stereocenters. The first-order chi connectivity index (χ1) is 14.5. The molecule has 3 fully saturated rings. The summed E-state index contributed by atoms with van der Waals surface area (Å²) in [5.41, 5.74) is -0.447. The second-order valence-corrected chi connectivity index (χ2v) is 11.1. The summed E-state index contributed by atoms with van der Waals surface area (Å²) in [7, 11) is 0. The molecule has 0 aromatic carbocycles. The third-order valence-corrected chi connectivity index (χ3v) is 7.44. The van der Waals surface area contributed by atoms with Gasteiger partial charge in [-0.2, -0.15) is 0 Å². The van der Waals surface area contributed by atoms with E-state index >= 15 is 0 Å². The van der Waals surface area contributed by atoms with Crippen molar-refractivity contribution in [1.29, 1.82) is 0 Å². The minimum absolute atomic E-state index is 0.0593. The molecule has 2 atom stereocenters. The van der Waals surface area contributed by atoms with E-state index in [0.29, 0.717) is 38.8 Å². The van der Waals surface area contributed by atoms with Crippen LogP contribution < -0.4 is 0 Å². The number of hydrogen-bond acceptors (Lipinski definition) is 4. The Morgan fingerprint density at radius 3 is 1.55 bits per heavy atom. The van der Waals surface area contributed by atoms with Gasteiger partial charge in [0.25, 0.3) is 0 Å². The van der Waals surface area contributed by atoms with Crippen LogP contribution in [0.5, 0.6) is 0 Å². The molecule has 0 bridgehead atoms. The smallest absolute Gasteiger partial charge is 0.226 e. The van der Waals surface area contributed by atoms with Crippen molar-refractivity contribution in [3.8, 4) is 0 Å². The van der Waals surface area contributed by atoms with Crippen molar-refractivity contribution in [2.75, 3.05) is 13.1 Å². The molecule has 6 heteroatoms. The molecule has 0 aromatic rings. The zero-order valence-electron chi connectivity index (χ0n) is 20.0. The first-order valence-electron chi connectivity index (χ1n) is 12.2. The summed E-state index contributed by atoms with van der Waals surface area (Å²) in [6.45, 7) is 10.9. The van der Waals surface area contributed by atoms with Crippen LogP contribution in [0.3, 0.4) is 0 Å². The molecule has 3 rings (SSSR count). The normalized spacial score (nSPS) is 29.5. The third kappa shape index (κ3) is 5.04. The molecule has 0 radical (unpaired) electrons. The Hall–Kier alpha value is -1.72. The third-order valence-electron chi connectivity index (χ3n) is 7.44. The Morgan fingerprint density at radius 2 is 1.13 bits per heavy atom. The molecule has 174 valence electrons. The number of rotatable bonds is 5. The van der Waals surface area contributed by atoms with Crippen molar-refractivity contribution < 1.29 is 19.2 Å². The standard InChI is InChI=1S/C25H40N2O4/c1-16(2)21(28)19-8-6-14-26(19)23(30)17-10-12-18(13-11-17)24(31)27-15-7-9-20(27)22(29)25(3,4)5/h16-20H,6-15H2,1-5H3/t17?,18?,19-,20-/m0/s1. The van der Waals surface area contributed by atoms with E-state index in [2.05, 4.69) is 0 Å². The molecule has 2 amide bonds. The predicted octanol–water partition coefficient (Wildman–Crippen LogP) is 3.62. The Labute approximate surface area is 187 Å². The Kier molecular flexibility index (Phi) is 7.27. The lowest BCUT2D eigenvalue weighted by atomic mass is 9.80. The largest absolute Gasteiger partial charge is 0.332 e. The number of amides is 2. The number of hydrogen-bond donors (Lipinski definition) is 0. The second kappa shape index (κ2) is 9.41. The maximum atomic E-state index is 13.2. The van der Waals surface area contributed by atoms with E-state index in [9.17, 15) is 19.2 Å². The lowest BCUT2D eigenvalue weighted by Crippen LogP contribution is -2.48. The van der Waals surface area contributed by atoms with Gasteiger partial charge in [0.2, 0.25) is 11.8 Å². The Morgan fingerprint density at radius 1 is 0.710 bits per heavy atom. The van der Waals surface area contributed by atoms with Gasteiger partial charge in [0.15, 0.2) is 11.6 Å². The van der Waals surface area contributed by atoms with Crippen LogP contribution in [0.2, 0.25) is 0 Å². The van der Waals surface area contributed by atoms with Crippen molar-refractivity contribution in [3.05, 3.63) is 0 Å². The molecule has 1 saturated carbocycles. The van der Waals surface area contributed by atoms with Gasteiger partial charge < -0.3 is 9.80 Å². The monoisotopic (exact) mass is 432 g/mol. The summed E-state index contributed by atoms with van der Waals surface area (Å²) >= 11 is 0. The molecule has 31 heavy (non-hydrogen) atoms. The van der Waals surface area contributed by atoms with Crippen molar-refractivity contribution >= 4 is 23.4 Å². The van der Waals surface area contributed by atoms with Gasteiger partial charge in [-0.05, 0) is 51.4 Å². The van der Waals surface area contributed by atoms with Crippen LogP contribution in [-0.2, 0) is 19.2 Å². The van der Waals surface area contributed by atoms with E-state index in [1.807, 2.05) is 44.4 Å². The topological polar surface area (TPSA) is 74.8 Å². The van der Waals surface area contributed by atoms with E-state index in [1.165, 1.54) is 0 Å². The number of nitrogens with zero attached hydrogens (tertiary/aromatic N) is 2. The summed E-state index contributed by atoms with van der Waals surface area (Å²) in [5.74, 6) is 0.273. The molecule has 3 aliphatic rings. The summed E-state index contributed by atoms with van der Waals surface area (Å²) in [6, 6.07) is -0.556. The minimum Gasteiger partial charge on any atom is -0.332 e. The average molecular weight is 433 g/mol. The van der Waals surface area contributed by atoms with Gasteiger partial charge in [0.1, 0.15) is 0 Å². The molecule has 0 N–H and O–H groups in total. The lowest BCUT2D eigenvalue weighted by Gasteiger charge is -2.35. The molecule has 6 nitrogen and oxygen atoms in total. The summed E-state index contributed by atoms with van der Waals surface area (Å²) in [4.78, 5) is 55.3. The summed E-state index contributed by atoms with van der Waals surface area (Å²) in [5, 5.41) is 0. The van der Waals surface area contributed by atoms with Gasteiger partial charge in [-0.1, -0.05) is 34.6 Å². The number of likely N-dealkylation sites (tertiary alicyclic amines) is 2. The maximum Gasteiger partial charge on any atom is 0.226 e. The Balaban J connectivity index is 1.58. The molecular weight excluding hydrogens is 392 g/mol. The van der Waals surface area contributed by atoms with Crippen LogP contribution in [-0.4, -0.2) is 58.4 Å². The average Bonchev–Trinajstić information content (AvgIpc) is 3.40. The van der Waals surface area contributed by atoms with Crippen LogP contribution in [0, 0.1) is 23.2 Å². The van der Waals surface area contributed by atoms with E-state index in [4.69, 9.17) is 0 Å². The van der Waals surface area contributed by atoms with Crippen LogP contribution in [0.25, 0.3) is 0 Å². The van der Waals surface area contributed by atoms with Crippen LogP contribution in [0.15, 0.2) is 0 Å². The molecule has 0 spiro atoms. The highest BCUT2D eigenvalue weighted by Gasteiger charge is 2.43. The van der Waals surface area contributed by atoms with E-state index < -0.39 is 5.41 Å². The highest BCUT2D eigenvalue weighted by molar-refractivity contribution is 5.94. The minimum atomic E-state index is -0.447. The van der Waals surface area contributed by atoms with Crippen LogP contribution in [0.1, 0.15) is 86.0 Å². The maximum absolute atomic E-state index is 13.2. The van der Waals surface area contributed by atoms with Crippen molar-refractivity contribution in [2.24, 2.45) is 23.2 Å². The molecule has 0 aromatic heterocycles. The second-order valence-electron chi connectivity index (χ2n) is 11.1. The molecule has 2 aliphatic heterocycles. The fourth-order valence-corrected chi connectivity index (χ4v) is 5.57. The molecule has 2 heterocycles. The summed E-state index contributed by atoms with van der Waals surface area (Å²) < 4.78 is 0. The quantitative estimate of drug-likeness (QED) is 0.665. The van der Waals surface area contributed by atoms with Crippen molar-refractivity contribution in [1.82, 2.24) is 9.80 Å². The van der Waals surface area contributed by atoms with Crippen molar-refractivity contribution in [3.63, 3.8) is 0 Å². The number of Topliss-reactive ketones (excluding diaryl/α,β-unsaturated/α-hetero) is 2. The van der Waals surface area contributed by atoms with Crippen molar-refractivity contribution in [2.45, 2.75) is 98.1 Å². The fraction of sp³-hybridized carbons (Fsp3) is 0.840. The van der Waals surface area contributed by atoms with Gasteiger partial charge in [0.05, 0.1) is 12.1 Å². The van der Waals surface area contributed by atoms with Gasteiger partial charge in [-0.15, -0.1) is 0 Å². The van der Waals surface area contributed by atoms with Crippen LogP contribution in [0.4, 0.5) is 0 Å².